The Kier molecular flexibility index (Phi) is 7.38. The standard InChI is InChI=1S/C25H28N6O5/c1-34-20-6-4-19(5-7-20)30-8-10-31(11-9-30)23-21(26)22(27-15-28-23)29-18-13-16(24(32)35-2)12-17(14-18)25(33)36-3/h4-7,12-15H,8-11,26H2,1-3H3,(H,27,28,29). The Morgan fingerprint density at radius 3 is 2.00 bits per heavy atom. The first-order valence-electron chi connectivity index (χ1n) is 11.3. The number of nitrogens with zero attached hydrogens (tertiary/aromatic N) is 4. The molecule has 0 spiro atoms. The number of ether oxygens (including phenoxy) is 3. The fourth-order valence-corrected chi connectivity index (χ4v) is 4.02. The van der Waals surface area contributed by atoms with Crippen LogP contribution in [0.2, 0.25) is 0 Å². The fraction of sp³-hybridized carbons (Fsp3) is 0.280. The minimum atomic E-state index is -0.588. The van der Waals surface area contributed by atoms with Crippen molar-refractivity contribution in [2.45, 2.75) is 0 Å². The number of nitrogens with two attached hydrogens (primary N) is 1. The molecule has 3 aromatic rings. The SMILES string of the molecule is COC(=O)c1cc(Nc2ncnc(N3CCN(c4ccc(OC)cc4)CC3)c2N)cc(C(=O)OC)c1. The van der Waals surface area contributed by atoms with Gasteiger partial charge in [0.1, 0.15) is 17.8 Å². The smallest absolute Gasteiger partial charge is 0.337 e. The molecule has 0 atom stereocenters. The minimum Gasteiger partial charge on any atom is -0.497 e. The highest BCUT2D eigenvalue weighted by molar-refractivity contribution is 5.97. The Hall–Kier alpha value is -4.54. The van der Waals surface area contributed by atoms with Gasteiger partial charge >= 0.3 is 11.9 Å². The summed E-state index contributed by atoms with van der Waals surface area (Å²) in [6.07, 6.45) is 1.43. The van der Waals surface area contributed by atoms with Crippen molar-refractivity contribution in [3.05, 3.63) is 59.9 Å². The average Bonchev–Trinajstić information content (AvgIpc) is 2.93. The van der Waals surface area contributed by atoms with E-state index in [1.165, 1.54) is 26.6 Å². The second-order valence-corrected chi connectivity index (χ2v) is 8.04. The van der Waals surface area contributed by atoms with E-state index in [4.69, 9.17) is 19.9 Å². The summed E-state index contributed by atoms with van der Waals surface area (Å²) in [7, 11) is 4.18. The first-order valence-corrected chi connectivity index (χ1v) is 11.3. The molecule has 3 N–H and O–H groups in total. The van der Waals surface area contributed by atoms with Gasteiger partial charge < -0.3 is 35.1 Å². The molecule has 2 heterocycles. The highest BCUT2D eigenvalue weighted by Gasteiger charge is 2.22. The number of aromatic nitrogens is 2. The third-order valence-corrected chi connectivity index (χ3v) is 5.92. The summed E-state index contributed by atoms with van der Waals surface area (Å²) in [6.45, 7) is 3.03. The van der Waals surface area contributed by atoms with E-state index in [0.717, 1.165) is 37.6 Å². The molecular weight excluding hydrogens is 464 g/mol. The summed E-state index contributed by atoms with van der Waals surface area (Å²) in [4.78, 5) is 37.3. The number of methoxy groups -OCH3 is 3. The number of nitrogens with one attached hydrogen (secondary N) is 1. The molecule has 11 nitrogen and oxygen atoms in total. The number of rotatable bonds is 7. The number of hydrogen-bond donors (Lipinski definition) is 2. The van der Waals surface area contributed by atoms with Crippen LogP contribution in [-0.4, -0.2) is 69.4 Å². The van der Waals surface area contributed by atoms with Gasteiger partial charge in [-0.15, -0.1) is 0 Å². The Morgan fingerprint density at radius 2 is 1.44 bits per heavy atom. The van der Waals surface area contributed by atoms with Gasteiger partial charge in [0, 0.05) is 37.6 Å². The van der Waals surface area contributed by atoms with E-state index in [2.05, 4.69) is 25.1 Å². The van der Waals surface area contributed by atoms with Gasteiger partial charge in [-0.3, -0.25) is 0 Å². The van der Waals surface area contributed by atoms with E-state index < -0.39 is 11.9 Å². The van der Waals surface area contributed by atoms with Crippen LogP contribution >= 0.6 is 0 Å². The minimum absolute atomic E-state index is 0.186. The highest BCUT2D eigenvalue weighted by atomic mass is 16.5. The van der Waals surface area contributed by atoms with Crippen LogP contribution in [0.15, 0.2) is 48.8 Å². The quantitative estimate of drug-likeness (QED) is 0.472. The zero-order valence-corrected chi connectivity index (χ0v) is 20.4. The summed E-state index contributed by atoms with van der Waals surface area (Å²) < 4.78 is 14.8. The number of esters is 2. The molecule has 1 aliphatic rings. The van der Waals surface area contributed by atoms with E-state index in [-0.39, 0.29) is 11.1 Å². The first-order chi connectivity index (χ1) is 17.4. The van der Waals surface area contributed by atoms with Crippen LogP contribution in [0.1, 0.15) is 20.7 Å². The monoisotopic (exact) mass is 492 g/mol. The summed E-state index contributed by atoms with van der Waals surface area (Å²) >= 11 is 0. The molecule has 11 heteroatoms. The Morgan fingerprint density at radius 1 is 0.861 bits per heavy atom. The Bertz CT molecular complexity index is 1210. The third-order valence-electron chi connectivity index (χ3n) is 5.92. The van der Waals surface area contributed by atoms with Gasteiger partial charge in [-0.05, 0) is 42.5 Å². The normalized spacial score (nSPS) is 13.2. The molecule has 0 unspecified atom stereocenters. The van der Waals surface area contributed by atoms with Gasteiger partial charge in [-0.2, -0.15) is 0 Å². The summed E-state index contributed by atoms with van der Waals surface area (Å²) in [5, 5.41) is 3.10. The van der Waals surface area contributed by atoms with E-state index >= 15 is 0 Å². The molecular formula is C25H28N6O5. The lowest BCUT2D eigenvalue weighted by Gasteiger charge is -2.37. The zero-order valence-electron chi connectivity index (χ0n) is 20.4. The molecule has 0 bridgehead atoms. The first kappa shape index (κ1) is 24.6. The molecule has 1 aromatic heterocycles. The van der Waals surface area contributed by atoms with Crippen LogP contribution in [0.5, 0.6) is 5.75 Å². The van der Waals surface area contributed by atoms with E-state index in [1.807, 2.05) is 24.3 Å². The van der Waals surface area contributed by atoms with Gasteiger partial charge in [0.05, 0.1) is 32.5 Å². The lowest BCUT2D eigenvalue weighted by Crippen LogP contribution is -2.47. The number of hydrogen-bond acceptors (Lipinski definition) is 11. The molecule has 0 amide bonds. The van der Waals surface area contributed by atoms with Crippen molar-refractivity contribution >= 4 is 40.6 Å². The van der Waals surface area contributed by atoms with Crippen LogP contribution in [0.4, 0.5) is 28.7 Å². The lowest BCUT2D eigenvalue weighted by atomic mass is 10.1. The van der Waals surface area contributed by atoms with Crippen LogP contribution in [0.25, 0.3) is 0 Å². The Labute approximate surface area is 208 Å². The number of benzene rings is 2. The maximum Gasteiger partial charge on any atom is 0.337 e. The third kappa shape index (κ3) is 5.24. The molecule has 1 aliphatic heterocycles. The topological polar surface area (TPSA) is 132 Å². The van der Waals surface area contributed by atoms with Crippen LogP contribution in [0.3, 0.4) is 0 Å². The summed E-state index contributed by atoms with van der Waals surface area (Å²) in [5.74, 6) is 0.612. The van der Waals surface area contributed by atoms with Gasteiger partial charge in [-0.25, -0.2) is 19.6 Å². The van der Waals surface area contributed by atoms with Crippen molar-refractivity contribution < 1.29 is 23.8 Å². The van der Waals surface area contributed by atoms with Gasteiger partial charge in [0.2, 0.25) is 0 Å². The van der Waals surface area contributed by atoms with Crippen LogP contribution in [-0.2, 0) is 9.47 Å². The van der Waals surface area contributed by atoms with Crippen molar-refractivity contribution in [1.29, 1.82) is 0 Å². The molecule has 0 radical (unpaired) electrons. The molecule has 1 saturated heterocycles. The van der Waals surface area contributed by atoms with Crippen LogP contribution < -0.4 is 25.6 Å². The fourth-order valence-electron chi connectivity index (χ4n) is 4.02. The number of nitrogen functional groups attached to an aromatic ring is 1. The predicted molar refractivity (Wildman–Crippen MR) is 136 cm³/mol. The van der Waals surface area contributed by atoms with E-state index in [9.17, 15) is 9.59 Å². The maximum atomic E-state index is 12.1. The molecule has 36 heavy (non-hydrogen) atoms. The average molecular weight is 493 g/mol. The van der Waals surface area contributed by atoms with Crippen LogP contribution in [0, 0.1) is 0 Å². The molecule has 2 aromatic carbocycles. The predicted octanol–water partition coefficient (Wildman–Crippen LogP) is 2.71. The molecule has 0 aliphatic carbocycles. The molecule has 4 rings (SSSR count). The van der Waals surface area contributed by atoms with Crippen molar-refractivity contribution in [2.75, 3.05) is 68.4 Å². The van der Waals surface area contributed by atoms with Gasteiger partial charge in [0.25, 0.3) is 0 Å². The number of anilines is 5. The second-order valence-electron chi connectivity index (χ2n) is 8.04. The van der Waals surface area contributed by atoms with Crippen molar-refractivity contribution in [2.24, 2.45) is 0 Å². The summed E-state index contributed by atoms with van der Waals surface area (Å²) in [5.41, 5.74) is 8.73. The van der Waals surface area contributed by atoms with Gasteiger partial charge in [0.15, 0.2) is 11.6 Å². The molecule has 188 valence electrons. The zero-order chi connectivity index (χ0) is 25.7. The van der Waals surface area contributed by atoms with Crippen molar-refractivity contribution in [3.8, 4) is 5.75 Å². The number of carbonyl (C=O) groups excluding carboxylic acids is 2. The Balaban J connectivity index is 1.52. The summed E-state index contributed by atoms with van der Waals surface area (Å²) in [6, 6.07) is 12.5. The highest BCUT2D eigenvalue weighted by Crippen LogP contribution is 2.31. The van der Waals surface area contributed by atoms with E-state index in [0.29, 0.717) is 23.0 Å². The number of piperazine rings is 1. The number of carbonyl (C=O) groups is 2. The van der Waals surface area contributed by atoms with Crippen molar-refractivity contribution in [1.82, 2.24) is 9.97 Å². The molecule has 1 fully saturated rings. The molecule has 0 saturated carbocycles. The lowest BCUT2D eigenvalue weighted by molar-refractivity contribution is 0.0599. The van der Waals surface area contributed by atoms with Gasteiger partial charge in [-0.1, -0.05) is 0 Å². The largest absolute Gasteiger partial charge is 0.497 e. The van der Waals surface area contributed by atoms with E-state index in [1.54, 1.807) is 19.2 Å². The maximum absolute atomic E-state index is 12.1. The second kappa shape index (κ2) is 10.8. The van der Waals surface area contributed by atoms with Crippen molar-refractivity contribution in [3.63, 3.8) is 0 Å².